The third-order valence-electron chi connectivity index (χ3n) is 3.56. The first kappa shape index (κ1) is 13.7. The lowest BCUT2D eigenvalue weighted by molar-refractivity contribution is 0.0527. The molecule has 1 aromatic rings. The highest BCUT2D eigenvalue weighted by atomic mass is 16.5. The van der Waals surface area contributed by atoms with E-state index in [-0.39, 0.29) is 11.4 Å². The number of hydrogen-bond acceptors (Lipinski definition) is 4. The van der Waals surface area contributed by atoms with E-state index >= 15 is 0 Å². The van der Waals surface area contributed by atoms with Gasteiger partial charge in [-0.2, -0.15) is 0 Å². The van der Waals surface area contributed by atoms with Gasteiger partial charge >= 0.3 is 5.97 Å². The van der Waals surface area contributed by atoms with Crippen LogP contribution in [-0.4, -0.2) is 25.7 Å². The Hall–Kier alpha value is -1.71. The number of nitrogens with zero attached hydrogens (tertiary/aromatic N) is 1. The lowest BCUT2D eigenvalue weighted by Gasteiger charge is -2.25. The van der Waals surface area contributed by atoms with Gasteiger partial charge in [0, 0.05) is 13.1 Å². The zero-order chi connectivity index (χ0) is 14.0. The summed E-state index contributed by atoms with van der Waals surface area (Å²) in [6.07, 6.45) is 1.10. The zero-order valence-electron chi connectivity index (χ0n) is 11.9. The van der Waals surface area contributed by atoms with E-state index in [0.29, 0.717) is 17.9 Å². The smallest absolute Gasteiger partial charge is 0.340 e. The molecular weight excluding hydrogens is 240 g/mol. The molecule has 0 aromatic heterocycles. The van der Waals surface area contributed by atoms with E-state index < -0.39 is 0 Å². The van der Waals surface area contributed by atoms with Gasteiger partial charge in [-0.15, -0.1) is 0 Å². The highest BCUT2D eigenvalue weighted by molar-refractivity contribution is 5.99. The van der Waals surface area contributed by atoms with E-state index in [0.717, 1.165) is 25.2 Å². The first-order valence-corrected chi connectivity index (χ1v) is 6.75. The van der Waals surface area contributed by atoms with Crippen LogP contribution in [0.2, 0.25) is 0 Å². The van der Waals surface area contributed by atoms with Crippen LogP contribution in [0.1, 0.15) is 37.6 Å². The second kappa shape index (κ2) is 5.11. The van der Waals surface area contributed by atoms with E-state index in [1.54, 1.807) is 12.1 Å². The van der Waals surface area contributed by atoms with Crippen molar-refractivity contribution in [1.29, 1.82) is 0 Å². The molecule has 2 rings (SSSR count). The van der Waals surface area contributed by atoms with Gasteiger partial charge < -0.3 is 15.4 Å². The molecule has 4 nitrogen and oxygen atoms in total. The van der Waals surface area contributed by atoms with Crippen molar-refractivity contribution in [3.05, 3.63) is 23.8 Å². The number of hydrogen-bond donors (Lipinski definition) is 1. The third kappa shape index (κ3) is 2.83. The molecule has 0 amide bonds. The third-order valence-corrected chi connectivity index (χ3v) is 3.56. The molecule has 104 valence electrons. The summed E-state index contributed by atoms with van der Waals surface area (Å²) < 4.78 is 5.11. The van der Waals surface area contributed by atoms with Gasteiger partial charge in [0.05, 0.1) is 23.5 Å². The Kier molecular flexibility index (Phi) is 3.69. The summed E-state index contributed by atoms with van der Waals surface area (Å²) in [5.41, 5.74) is 8.37. The van der Waals surface area contributed by atoms with Crippen molar-refractivity contribution >= 4 is 17.3 Å². The molecule has 1 aliphatic heterocycles. The van der Waals surface area contributed by atoms with Gasteiger partial charge in [-0.25, -0.2) is 4.79 Å². The molecule has 0 unspecified atom stereocenters. The van der Waals surface area contributed by atoms with Crippen LogP contribution in [0.25, 0.3) is 0 Å². The SMILES string of the molecule is CCOC(=O)c1cccc(N)c1N1CCC(C)(C)C1. The quantitative estimate of drug-likeness (QED) is 0.672. The molecule has 0 aliphatic carbocycles. The molecule has 4 heteroatoms. The van der Waals surface area contributed by atoms with Crippen molar-refractivity contribution < 1.29 is 9.53 Å². The molecule has 1 fully saturated rings. The van der Waals surface area contributed by atoms with Gasteiger partial charge in [0.1, 0.15) is 0 Å². The van der Waals surface area contributed by atoms with E-state index in [9.17, 15) is 4.79 Å². The van der Waals surface area contributed by atoms with E-state index in [4.69, 9.17) is 10.5 Å². The van der Waals surface area contributed by atoms with Gasteiger partial charge in [0.15, 0.2) is 0 Å². The first-order chi connectivity index (χ1) is 8.94. The Bertz CT molecular complexity index is 483. The Balaban J connectivity index is 2.36. The number of carbonyl (C=O) groups is 1. The molecule has 0 saturated carbocycles. The van der Waals surface area contributed by atoms with Crippen LogP contribution in [0.4, 0.5) is 11.4 Å². The van der Waals surface area contributed by atoms with E-state index in [1.807, 2.05) is 13.0 Å². The Morgan fingerprint density at radius 2 is 2.21 bits per heavy atom. The lowest BCUT2D eigenvalue weighted by atomic mass is 9.93. The molecule has 1 heterocycles. The molecule has 2 N–H and O–H groups in total. The number of anilines is 2. The maximum Gasteiger partial charge on any atom is 0.340 e. The molecule has 0 spiro atoms. The molecule has 0 bridgehead atoms. The number of ether oxygens (including phenoxy) is 1. The van der Waals surface area contributed by atoms with Gasteiger partial charge in [-0.05, 0) is 30.9 Å². The Morgan fingerprint density at radius 3 is 2.79 bits per heavy atom. The number of carbonyl (C=O) groups excluding carboxylic acids is 1. The van der Waals surface area contributed by atoms with Crippen LogP contribution in [0.3, 0.4) is 0 Å². The van der Waals surface area contributed by atoms with Crippen LogP contribution in [0.15, 0.2) is 18.2 Å². The van der Waals surface area contributed by atoms with Crippen LogP contribution in [0, 0.1) is 5.41 Å². The second-order valence-corrected chi connectivity index (χ2v) is 5.80. The molecule has 19 heavy (non-hydrogen) atoms. The monoisotopic (exact) mass is 262 g/mol. The fourth-order valence-corrected chi connectivity index (χ4v) is 2.59. The average Bonchev–Trinajstić information content (AvgIpc) is 2.69. The minimum atomic E-state index is -0.297. The number of benzene rings is 1. The van der Waals surface area contributed by atoms with Crippen molar-refractivity contribution in [1.82, 2.24) is 0 Å². The largest absolute Gasteiger partial charge is 0.462 e. The van der Waals surface area contributed by atoms with Crippen LogP contribution in [-0.2, 0) is 4.74 Å². The summed E-state index contributed by atoms with van der Waals surface area (Å²) in [6.45, 7) is 8.48. The van der Waals surface area contributed by atoms with Gasteiger partial charge in [-0.1, -0.05) is 19.9 Å². The number of para-hydroxylation sites is 1. The summed E-state index contributed by atoms with van der Waals surface area (Å²) in [4.78, 5) is 14.2. The summed E-state index contributed by atoms with van der Waals surface area (Å²) in [6, 6.07) is 5.42. The summed E-state index contributed by atoms with van der Waals surface area (Å²) in [7, 11) is 0. The predicted octanol–water partition coefficient (Wildman–Crippen LogP) is 2.68. The topological polar surface area (TPSA) is 55.6 Å². The van der Waals surface area contributed by atoms with Gasteiger partial charge in [0.2, 0.25) is 0 Å². The highest BCUT2D eigenvalue weighted by Crippen LogP contribution is 2.37. The predicted molar refractivity (Wildman–Crippen MR) is 77.4 cm³/mol. The normalized spacial score (nSPS) is 17.5. The van der Waals surface area contributed by atoms with Crippen LogP contribution >= 0.6 is 0 Å². The molecular formula is C15H22N2O2. The average molecular weight is 262 g/mol. The second-order valence-electron chi connectivity index (χ2n) is 5.80. The van der Waals surface area contributed by atoms with E-state index in [1.165, 1.54) is 0 Å². The first-order valence-electron chi connectivity index (χ1n) is 6.75. The van der Waals surface area contributed by atoms with Crippen molar-refractivity contribution in [2.75, 3.05) is 30.3 Å². The van der Waals surface area contributed by atoms with E-state index in [2.05, 4.69) is 18.7 Å². The Labute approximate surface area is 114 Å². The van der Waals surface area contributed by atoms with Gasteiger partial charge in [-0.3, -0.25) is 0 Å². The number of rotatable bonds is 3. The molecule has 0 atom stereocenters. The minimum Gasteiger partial charge on any atom is -0.462 e. The number of nitrogen functional groups attached to an aromatic ring is 1. The van der Waals surface area contributed by atoms with Crippen molar-refractivity contribution in [2.45, 2.75) is 27.2 Å². The molecule has 0 radical (unpaired) electrons. The molecule has 1 aliphatic rings. The maximum atomic E-state index is 12.0. The van der Waals surface area contributed by atoms with Gasteiger partial charge in [0.25, 0.3) is 0 Å². The zero-order valence-corrected chi connectivity index (χ0v) is 11.9. The number of nitrogens with two attached hydrogens (primary N) is 1. The van der Waals surface area contributed by atoms with Crippen LogP contribution < -0.4 is 10.6 Å². The highest BCUT2D eigenvalue weighted by Gasteiger charge is 2.32. The lowest BCUT2D eigenvalue weighted by Crippen LogP contribution is -2.26. The van der Waals surface area contributed by atoms with Crippen molar-refractivity contribution in [3.63, 3.8) is 0 Å². The fourth-order valence-electron chi connectivity index (χ4n) is 2.59. The van der Waals surface area contributed by atoms with Crippen molar-refractivity contribution in [3.8, 4) is 0 Å². The minimum absolute atomic E-state index is 0.258. The summed E-state index contributed by atoms with van der Waals surface area (Å²) >= 11 is 0. The maximum absolute atomic E-state index is 12.0. The summed E-state index contributed by atoms with van der Waals surface area (Å²) in [5, 5.41) is 0. The Morgan fingerprint density at radius 1 is 1.47 bits per heavy atom. The standard InChI is InChI=1S/C15H22N2O2/c1-4-19-14(18)11-6-5-7-12(16)13(11)17-9-8-15(2,3)10-17/h5-7H,4,8-10,16H2,1-3H3. The number of esters is 1. The molecule has 1 aromatic carbocycles. The van der Waals surface area contributed by atoms with Crippen LogP contribution in [0.5, 0.6) is 0 Å². The molecule has 1 saturated heterocycles. The fraction of sp³-hybridized carbons (Fsp3) is 0.533. The summed E-state index contributed by atoms with van der Waals surface area (Å²) in [5.74, 6) is -0.297. The van der Waals surface area contributed by atoms with Crippen molar-refractivity contribution in [2.24, 2.45) is 5.41 Å².